The minimum Gasteiger partial charge on any atom is -0.296 e. The van der Waals surface area contributed by atoms with Gasteiger partial charge in [0.15, 0.2) is 9.84 Å². The number of amides is 1. The lowest BCUT2D eigenvalue weighted by Gasteiger charge is -2.12. The fourth-order valence-corrected chi connectivity index (χ4v) is 3.67. The predicted molar refractivity (Wildman–Crippen MR) is 95.3 cm³/mol. The fourth-order valence-electron chi connectivity index (χ4n) is 1.81. The minimum atomic E-state index is -3.34. The first kappa shape index (κ1) is 18.5. The summed E-state index contributed by atoms with van der Waals surface area (Å²) in [5.41, 5.74) is 0.234. The molecule has 8 heteroatoms. The van der Waals surface area contributed by atoms with Gasteiger partial charge < -0.3 is 0 Å². The van der Waals surface area contributed by atoms with Crippen LogP contribution in [0.5, 0.6) is 0 Å². The first-order chi connectivity index (χ1) is 11.0. The van der Waals surface area contributed by atoms with Gasteiger partial charge in [-0.2, -0.15) is 0 Å². The van der Waals surface area contributed by atoms with Crippen molar-refractivity contribution in [2.45, 2.75) is 50.2 Å². The van der Waals surface area contributed by atoms with E-state index in [0.29, 0.717) is 10.7 Å². The zero-order valence-corrected chi connectivity index (χ0v) is 16.0. The Morgan fingerprint density at radius 2 is 1.71 bits per heavy atom. The smallest absolute Gasteiger partial charge is 0.257 e. The van der Waals surface area contributed by atoms with Crippen LogP contribution in [0.4, 0.5) is 5.13 Å². The van der Waals surface area contributed by atoms with E-state index in [1.54, 1.807) is 13.8 Å². The molecule has 0 fully saturated rings. The maximum atomic E-state index is 12.2. The molecule has 2 rings (SSSR count). The van der Waals surface area contributed by atoms with Crippen LogP contribution in [0, 0.1) is 0 Å². The second-order valence-electron chi connectivity index (χ2n) is 6.73. The maximum absolute atomic E-state index is 12.2. The largest absolute Gasteiger partial charge is 0.296 e. The van der Waals surface area contributed by atoms with Crippen molar-refractivity contribution < 1.29 is 13.2 Å². The predicted octanol–water partition coefficient (Wildman–Crippen LogP) is 3.27. The molecule has 1 heterocycles. The topological polar surface area (TPSA) is 89.0 Å². The monoisotopic (exact) mass is 367 g/mol. The fraction of sp³-hybridized carbons (Fsp3) is 0.438. The van der Waals surface area contributed by atoms with Crippen LogP contribution < -0.4 is 5.32 Å². The Morgan fingerprint density at radius 1 is 1.12 bits per heavy atom. The molecule has 24 heavy (non-hydrogen) atoms. The van der Waals surface area contributed by atoms with Gasteiger partial charge in [-0.05, 0) is 38.1 Å². The molecule has 0 atom stereocenters. The van der Waals surface area contributed by atoms with Crippen molar-refractivity contribution in [2.75, 3.05) is 5.32 Å². The molecule has 1 amide bonds. The SMILES string of the molecule is CC(C)S(=O)(=O)c1ccc(C(=O)Nc2nnc(C(C)(C)C)s2)cc1. The number of anilines is 1. The lowest BCUT2D eigenvalue weighted by molar-refractivity contribution is 0.102. The normalized spacial score (nSPS) is 12.4. The van der Waals surface area contributed by atoms with E-state index < -0.39 is 15.1 Å². The Balaban J connectivity index is 2.15. The Bertz CT molecular complexity index is 832. The van der Waals surface area contributed by atoms with E-state index in [-0.39, 0.29) is 16.2 Å². The van der Waals surface area contributed by atoms with Crippen molar-refractivity contribution in [1.29, 1.82) is 0 Å². The summed E-state index contributed by atoms with van der Waals surface area (Å²) in [6.45, 7) is 9.31. The number of benzene rings is 1. The van der Waals surface area contributed by atoms with Crippen LogP contribution in [-0.4, -0.2) is 29.8 Å². The lowest BCUT2D eigenvalue weighted by Crippen LogP contribution is -2.15. The van der Waals surface area contributed by atoms with Gasteiger partial charge in [0, 0.05) is 11.0 Å². The average Bonchev–Trinajstić information content (AvgIpc) is 2.96. The lowest BCUT2D eigenvalue weighted by atomic mass is 9.98. The number of rotatable bonds is 4. The number of nitrogens with one attached hydrogen (secondary N) is 1. The highest BCUT2D eigenvalue weighted by atomic mass is 32.2. The second kappa shape index (κ2) is 6.60. The minimum absolute atomic E-state index is 0.131. The van der Waals surface area contributed by atoms with Crippen molar-refractivity contribution in [3.05, 3.63) is 34.8 Å². The van der Waals surface area contributed by atoms with E-state index >= 15 is 0 Å². The van der Waals surface area contributed by atoms with Gasteiger partial charge in [-0.15, -0.1) is 10.2 Å². The van der Waals surface area contributed by atoms with E-state index in [2.05, 4.69) is 15.5 Å². The molecule has 0 unspecified atom stereocenters. The van der Waals surface area contributed by atoms with Gasteiger partial charge in [-0.25, -0.2) is 8.42 Å². The molecule has 130 valence electrons. The van der Waals surface area contributed by atoms with Crippen molar-refractivity contribution >= 4 is 32.2 Å². The van der Waals surface area contributed by atoms with Crippen LogP contribution in [0.2, 0.25) is 0 Å². The summed E-state index contributed by atoms with van der Waals surface area (Å²) >= 11 is 1.32. The summed E-state index contributed by atoms with van der Waals surface area (Å²) < 4.78 is 24.2. The summed E-state index contributed by atoms with van der Waals surface area (Å²) in [5.74, 6) is -0.347. The molecule has 6 nitrogen and oxygen atoms in total. The summed E-state index contributed by atoms with van der Waals surface area (Å²) in [4.78, 5) is 12.5. The highest BCUT2D eigenvalue weighted by Gasteiger charge is 2.21. The standard InChI is InChI=1S/C16H21N3O3S2/c1-10(2)24(21,22)12-8-6-11(7-9-12)13(20)17-15-19-18-14(23-15)16(3,4)5/h6-10H,1-5H3,(H,17,19,20). The molecule has 0 spiro atoms. The van der Waals surface area contributed by atoms with Gasteiger partial charge in [0.05, 0.1) is 10.1 Å². The van der Waals surface area contributed by atoms with Crippen LogP contribution in [0.3, 0.4) is 0 Å². The summed E-state index contributed by atoms with van der Waals surface area (Å²) in [7, 11) is -3.34. The van der Waals surface area contributed by atoms with Gasteiger partial charge in [-0.3, -0.25) is 10.1 Å². The number of hydrogen-bond acceptors (Lipinski definition) is 6. The van der Waals surface area contributed by atoms with Gasteiger partial charge >= 0.3 is 0 Å². The number of carbonyl (C=O) groups is 1. The molecule has 1 aromatic heterocycles. The van der Waals surface area contributed by atoms with E-state index in [9.17, 15) is 13.2 Å². The highest BCUT2D eigenvalue weighted by Crippen LogP contribution is 2.28. The van der Waals surface area contributed by atoms with Crippen LogP contribution in [0.25, 0.3) is 0 Å². The van der Waals surface area contributed by atoms with Crippen molar-refractivity contribution in [1.82, 2.24) is 10.2 Å². The molecule has 0 saturated carbocycles. The van der Waals surface area contributed by atoms with E-state index in [4.69, 9.17) is 0 Å². The Labute approximate surface area is 146 Å². The molecule has 0 aliphatic heterocycles. The summed E-state index contributed by atoms with van der Waals surface area (Å²) in [6, 6.07) is 5.89. The Kier molecular flexibility index (Phi) is 5.10. The van der Waals surface area contributed by atoms with E-state index in [1.807, 2.05) is 20.8 Å². The molecular formula is C16H21N3O3S2. The van der Waals surface area contributed by atoms with Gasteiger partial charge in [-0.1, -0.05) is 32.1 Å². The molecule has 0 aliphatic rings. The van der Waals surface area contributed by atoms with Gasteiger partial charge in [0.25, 0.3) is 5.91 Å². The van der Waals surface area contributed by atoms with Crippen LogP contribution >= 0.6 is 11.3 Å². The molecule has 0 saturated heterocycles. The number of carbonyl (C=O) groups excluding carboxylic acids is 1. The Hall–Kier alpha value is -1.80. The molecule has 0 bridgehead atoms. The van der Waals surface area contributed by atoms with E-state index in [0.717, 1.165) is 5.01 Å². The number of sulfone groups is 1. The third kappa shape index (κ3) is 3.99. The van der Waals surface area contributed by atoms with Crippen LogP contribution in [0.1, 0.15) is 50.0 Å². The number of nitrogens with zero attached hydrogens (tertiary/aromatic N) is 2. The quantitative estimate of drug-likeness (QED) is 0.896. The highest BCUT2D eigenvalue weighted by molar-refractivity contribution is 7.92. The van der Waals surface area contributed by atoms with Gasteiger partial charge in [0.1, 0.15) is 5.01 Å². The maximum Gasteiger partial charge on any atom is 0.257 e. The van der Waals surface area contributed by atoms with Crippen molar-refractivity contribution in [2.24, 2.45) is 0 Å². The first-order valence-electron chi connectivity index (χ1n) is 7.51. The van der Waals surface area contributed by atoms with Crippen molar-refractivity contribution in [3.63, 3.8) is 0 Å². The Morgan fingerprint density at radius 3 is 2.17 bits per heavy atom. The molecule has 1 N–H and O–H groups in total. The van der Waals surface area contributed by atoms with Crippen LogP contribution in [-0.2, 0) is 15.3 Å². The number of aromatic nitrogens is 2. The molecule has 0 aliphatic carbocycles. The number of hydrogen-bond donors (Lipinski definition) is 1. The first-order valence-corrected chi connectivity index (χ1v) is 9.87. The van der Waals surface area contributed by atoms with Crippen molar-refractivity contribution in [3.8, 4) is 0 Å². The summed E-state index contributed by atoms with van der Waals surface area (Å²) in [5, 5.41) is 11.5. The molecule has 1 aromatic carbocycles. The zero-order valence-electron chi connectivity index (χ0n) is 14.3. The van der Waals surface area contributed by atoms with E-state index in [1.165, 1.54) is 35.6 Å². The molecule has 2 aromatic rings. The third-order valence-corrected chi connectivity index (χ3v) is 6.79. The second-order valence-corrected chi connectivity index (χ2v) is 10.2. The van der Waals surface area contributed by atoms with Gasteiger partial charge in [0.2, 0.25) is 5.13 Å². The zero-order chi connectivity index (χ0) is 18.1. The summed E-state index contributed by atoms with van der Waals surface area (Å²) in [6.07, 6.45) is 0. The van der Waals surface area contributed by atoms with Crippen LogP contribution in [0.15, 0.2) is 29.2 Å². The average molecular weight is 367 g/mol. The molecular weight excluding hydrogens is 346 g/mol. The third-order valence-electron chi connectivity index (χ3n) is 3.35. The molecule has 0 radical (unpaired) electrons.